The van der Waals surface area contributed by atoms with Crippen LogP contribution in [-0.4, -0.2) is 16.6 Å². The van der Waals surface area contributed by atoms with Crippen LogP contribution in [0.15, 0.2) is 48.5 Å². The van der Waals surface area contributed by atoms with E-state index in [-0.39, 0.29) is 23.6 Å². The molecule has 3 rings (SSSR count). The number of hydrogen-bond acceptors (Lipinski definition) is 2. The van der Waals surface area contributed by atoms with E-state index in [1.54, 1.807) is 40.9 Å². The van der Waals surface area contributed by atoms with Gasteiger partial charge in [0.15, 0.2) is 0 Å². The predicted molar refractivity (Wildman–Crippen MR) is 83.6 cm³/mol. The second-order valence-corrected chi connectivity index (χ2v) is 6.34. The number of nitrogens with zero attached hydrogens (tertiary/aromatic N) is 1. The number of thioether (sulfide) groups is 1. The van der Waals surface area contributed by atoms with Crippen molar-refractivity contribution in [2.75, 3.05) is 5.75 Å². The quantitative estimate of drug-likeness (QED) is 0.842. The highest BCUT2D eigenvalue weighted by Crippen LogP contribution is 2.40. The summed E-state index contributed by atoms with van der Waals surface area (Å²) in [7, 11) is 0. The maximum Gasteiger partial charge on any atom is 0.234 e. The van der Waals surface area contributed by atoms with Gasteiger partial charge < -0.3 is 4.90 Å². The Kier molecular flexibility index (Phi) is 4.17. The second kappa shape index (κ2) is 6.08. The van der Waals surface area contributed by atoms with Gasteiger partial charge in [-0.05, 0) is 23.8 Å². The molecule has 0 N–H and O–H groups in total. The van der Waals surface area contributed by atoms with E-state index in [0.29, 0.717) is 16.3 Å². The van der Waals surface area contributed by atoms with Crippen LogP contribution in [0.3, 0.4) is 0 Å². The van der Waals surface area contributed by atoms with Gasteiger partial charge in [-0.3, -0.25) is 4.79 Å². The predicted octanol–water partition coefficient (Wildman–Crippen LogP) is 4.25. The summed E-state index contributed by atoms with van der Waals surface area (Å²) in [5.74, 6) is 0.145. The fourth-order valence-corrected chi connectivity index (χ4v) is 3.75. The lowest BCUT2D eigenvalue weighted by Crippen LogP contribution is -2.28. The van der Waals surface area contributed by atoms with Gasteiger partial charge in [-0.2, -0.15) is 0 Å². The maximum absolute atomic E-state index is 13.8. The first kappa shape index (κ1) is 14.4. The molecule has 0 radical (unpaired) electrons. The van der Waals surface area contributed by atoms with Gasteiger partial charge in [0.05, 0.1) is 5.75 Å². The molecule has 1 aliphatic heterocycles. The average molecular weight is 322 g/mol. The van der Waals surface area contributed by atoms with Gasteiger partial charge in [0.1, 0.15) is 11.2 Å². The Labute approximate surface area is 131 Å². The number of amides is 1. The molecule has 2 aromatic rings. The van der Waals surface area contributed by atoms with E-state index >= 15 is 0 Å². The summed E-state index contributed by atoms with van der Waals surface area (Å²) in [6.07, 6.45) is 0. The molecule has 0 saturated carbocycles. The Hall–Kier alpha value is -1.52. The Morgan fingerprint density at radius 1 is 1.24 bits per heavy atom. The van der Waals surface area contributed by atoms with Crippen LogP contribution in [0.5, 0.6) is 0 Å². The fraction of sp³-hybridized carbons (Fsp3) is 0.188. The molecule has 21 heavy (non-hydrogen) atoms. The highest BCUT2D eigenvalue weighted by Gasteiger charge is 2.33. The average Bonchev–Trinajstić information content (AvgIpc) is 2.83. The molecule has 1 saturated heterocycles. The molecule has 1 atom stereocenters. The van der Waals surface area contributed by atoms with Crippen molar-refractivity contribution in [1.29, 1.82) is 0 Å². The Morgan fingerprint density at radius 2 is 2.05 bits per heavy atom. The van der Waals surface area contributed by atoms with Gasteiger partial charge in [-0.1, -0.05) is 41.9 Å². The van der Waals surface area contributed by atoms with Crippen molar-refractivity contribution in [1.82, 2.24) is 4.90 Å². The Morgan fingerprint density at radius 3 is 2.81 bits per heavy atom. The highest BCUT2D eigenvalue weighted by atomic mass is 35.5. The molecule has 2 nitrogen and oxygen atoms in total. The van der Waals surface area contributed by atoms with Crippen LogP contribution < -0.4 is 0 Å². The summed E-state index contributed by atoms with van der Waals surface area (Å²) < 4.78 is 13.8. The lowest BCUT2D eigenvalue weighted by Gasteiger charge is -2.24. The molecule has 0 bridgehead atoms. The standard InChI is InChI=1S/C16H13ClFNOS/c17-13-6-3-5-11(8-13)16-19(15(20)10-21-16)9-12-4-1-2-7-14(12)18/h1-8,16H,9-10H2. The van der Waals surface area contributed by atoms with Gasteiger partial charge in [0.25, 0.3) is 0 Å². The van der Waals surface area contributed by atoms with Crippen LogP contribution in [0.1, 0.15) is 16.5 Å². The van der Waals surface area contributed by atoms with Gasteiger partial charge >= 0.3 is 0 Å². The molecule has 0 aromatic heterocycles. The number of carbonyl (C=O) groups is 1. The minimum Gasteiger partial charge on any atom is -0.321 e. The molecule has 108 valence electrons. The van der Waals surface area contributed by atoms with Gasteiger partial charge in [0, 0.05) is 17.1 Å². The van der Waals surface area contributed by atoms with Crippen molar-refractivity contribution in [2.45, 2.75) is 11.9 Å². The molecule has 1 aliphatic rings. The van der Waals surface area contributed by atoms with Gasteiger partial charge in [0.2, 0.25) is 5.91 Å². The second-order valence-electron chi connectivity index (χ2n) is 4.83. The van der Waals surface area contributed by atoms with Crippen LogP contribution in [0.25, 0.3) is 0 Å². The minimum atomic E-state index is -0.285. The van der Waals surface area contributed by atoms with Crippen LogP contribution in [0.2, 0.25) is 5.02 Å². The van der Waals surface area contributed by atoms with Crippen LogP contribution in [0, 0.1) is 5.82 Å². The van der Waals surface area contributed by atoms with Crippen molar-refractivity contribution in [3.05, 3.63) is 70.5 Å². The lowest BCUT2D eigenvalue weighted by molar-refractivity contribution is -0.128. The highest BCUT2D eigenvalue weighted by molar-refractivity contribution is 8.00. The Bertz CT molecular complexity index is 679. The zero-order chi connectivity index (χ0) is 14.8. The zero-order valence-electron chi connectivity index (χ0n) is 11.1. The number of rotatable bonds is 3. The van der Waals surface area contributed by atoms with E-state index in [0.717, 1.165) is 5.56 Å². The molecule has 2 aromatic carbocycles. The van der Waals surface area contributed by atoms with Gasteiger partial charge in [-0.15, -0.1) is 11.8 Å². The molecule has 0 spiro atoms. The van der Waals surface area contributed by atoms with Crippen LogP contribution >= 0.6 is 23.4 Å². The summed E-state index contributed by atoms with van der Waals surface area (Å²) in [5, 5.41) is 0.522. The molecule has 5 heteroatoms. The van der Waals surface area contributed by atoms with Crippen LogP contribution in [0.4, 0.5) is 4.39 Å². The first-order chi connectivity index (χ1) is 10.1. The first-order valence-corrected chi connectivity index (χ1v) is 7.98. The normalized spacial score (nSPS) is 18.3. The van der Waals surface area contributed by atoms with Crippen molar-refractivity contribution >= 4 is 29.3 Å². The van der Waals surface area contributed by atoms with Gasteiger partial charge in [-0.25, -0.2) is 4.39 Å². The van der Waals surface area contributed by atoms with Crippen molar-refractivity contribution < 1.29 is 9.18 Å². The SMILES string of the molecule is O=C1CSC(c2cccc(Cl)c2)N1Cc1ccccc1F. The summed E-state index contributed by atoms with van der Waals surface area (Å²) in [6.45, 7) is 0.273. The maximum atomic E-state index is 13.8. The number of hydrogen-bond donors (Lipinski definition) is 0. The zero-order valence-corrected chi connectivity index (χ0v) is 12.7. The third kappa shape index (κ3) is 3.06. The molecular weight excluding hydrogens is 309 g/mol. The van der Waals surface area contributed by atoms with E-state index in [9.17, 15) is 9.18 Å². The van der Waals surface area contributed by atoms with E-state index in [2.05, 4.69) is 0 Å². The van der Waals surface area contributed by atoms with Crippen LogP contribution in [-0.2, 0) is 11.3 Å². The number of benzene rings is 2. The molecule has 0 aliphatic carbocycles. The van der Waals surface area contributed by atoms with Crippen molar-refractivity contribution in [2.24, 2.45) is 0 Å². The molecule has 1 fully saturated rings. The third-order valence-electron chi connectivity index (χ3n) is 3.40. The van der Waals surface area contributed by atoms with E-state index in [4.69, 9.17) is 11.6 Å². The van der Waals surface area contributed by atoms with E-state index in [1.165, 1.54) is 6.07 Å². The monoisotopic (exact) mass is 321 g/mol. The van der Waals surface area contributed by atoms with Crippen molar-refractivity contribution in [3.63, 3.8) is 0 Å². The largest absolute Gasteiger partial charge is 0.321 e. The molecule has 1 heterocycles. The number of halogens is 2. The summed E-state index contributed by atoms with van der Waals surface area (Å²) >= 11 is 7.56. The third-order valence-corrected chi connectivity index (χ3v) is 4.89. The molecule has 1 unspecified atom stereocenters. The Balaban J connectivity index is 1.88. The fourth-order valence-electron chi connectivity index (χ4n) is 2.37. The summed E-state index contributed by atoms with van der Waals surface area (Å²) in [5.41, 5.74) is 1.50. The van der Waals surface area contributed by atoms with Crippen molar-refractivity contribution in [3.8, 4) is 0 Å². The molecule has 1 amide bonds. The minimum absolute atomic E-state index is 0.0215. The van der Waals surface area contributed by atoms with E-state index in [1.807, 2.05) is 18.2 Å². The van der Waals surface area contributed by atoms with E-state index < -0.39 is 0 Å². The lowest BCUT2D eigenvalue weighted by atomic mass is 10.1. The summed E-state index contributed by atoms with van der Waals surface area (Å²) in [6, 6.07) is 14.0. The summed E-state index contributed by atoms with van der Waals surface area (Å²) in [4.78, 5) is 13.8. The molecular formula is C16H13ClFNOS. The topological polar surface area (TPSA) is 20.3 Å². The number of carbonyl (C=O) groups excluding carboxylic acids is 1. The smallest absolute Gasteiger partial charge is 0.234 e. The first-order valence-electron chi connectivity index (χ1n) is 6.55.